The highest BCUT2D eigenvalue weighted by Crippen LogP contribution is 2.22. The lowest BCUT2D eigenvalue weighted by Crippen LogP contribution is -2.43. The van der Waals surface area contributed by atoms with E-state index in [0.29, 0.717) is 24.6 Å². The lowest BCUT2D eigenvalue weighted by molar-refractivity contribution is -0.125. The number of nitrogens with zero attached hydrogens (tertiary/aromatic N) is 3. The van der Waals surface area contributed by atoms with Gasteiger partial charge in [0.2, 0.25) is 5.91 Å². The molecule has 2 heterocycles. The average molecular weight is 424 g/mol. The Balaban J connectivity index is 1.45. The summed E-state index contributed by atoms with van der Waals surface area (Å²) in [6.45, 7) is 1.53. The van der Waals surface area contributed by atoms with Crippen LogP contribution in [0.3, 0.4) is 0 Å². The molecule has 0 radical (unpaired) electrons. The number of carbonyl (C=O) groups is 1. The fourth-order valence-electron chi connectivity index (χ4n) is 3.67. The highest BCUT2D eigenvalue weighted by atomic mass is 19.1. The molecule has 1 atom stereocenters. The Hall–Kier alpha value is -3.55. The summed E-state index contributed by atoms with van der Waals surface area (Å²) >= 11 is 0. The molecule has 1 aromatic heterocycles. The van der Waals surface area contributed by atoms with Crippen LogP contribution in [-0.4, -0.2) is 28.8 Å². The summed E-state index contributed by atoms with van der Waals surface area (Å²) in [5.74, 6) is -0.408. The van der Waals surface area contributed by atoms with Crippen LogP contribution in [0.15, 0.2) is 65.5 Å². The number of rotatable bonds is 5. The standard InChI is InChI=1S/C23H22F2N4O2/c24-18-5-3-16(4-6-18)14-26-23(31)17-2-1-13-28(15-17)21-11-12-22(30)29(27-21)20-9-7-19(25)8-10-20/h3-12,17H,1-2,13-15H2,(H,26,31)/t17-/m1/s1. The quantitative estimate of drug-likeness (QED) is 0.684. The molecule has 0 unspecified atom stereocenters. The number of aromatic nitrogens is 2. The highest BCUT2D eigenvalue weighted by molar-refractivity contribution is 5.79. The second kappa shape index (κ2) is 9.07. The summed E-state index contributed by atoms with van der Waals surface area (Å²) in [5, 5.41) is 7.34. The van der Waals surface area contributed by atoms with E-state index in [9.17, 15) is 18.4 Å². The molecule has 31 heavy (non-hydrogen) atoms. The predicted octanol–water partition coefficient (Wildman–Crippen LogP) is 3.04. The van der Waals surface area contributed by atoms with Gasteiger partial charge in [0.05, 0.1) is 11.6 Å². The Morgan fingerprint density at radius 3 is 2.39 bits per heavy atom. The van der Waals surface area contributed by atoms with Crippen molar-refractivity contribution in [1.82, 2.24) is 15.1 Å². The van der Waals surface area contributed by atoms with Crippen molar-refractivity contribution in [3.63, 3.8) is 0 Å². The van der Waals surface area contributed by atoms with Gasteiger partial charge in [-0.05, 0) is 60.9 Å². The van der Waals surface area contributed by atoms with Gasteiger partial charge in [-0.3, -0.25) is 9.59 Å². The SMILES string of the molecule is O=C(NCc1ccc(F)cc1)[C@@H]1CCCN(c2ccc(=O)n(-c3ccc(F)cc3)n2)C1. The number of piperidine rings is 1. The first-order chi connectivity index (χ1) is 15.0. The zero-order valence-electron chi connectivity index (χ0n) is 16.8. The van der Waals surface area contributed by atoms with Crippen molar-refractivity contribution in [3.8, 4) is 5.69 Å². The minimum absolute atomic E-state index is 0.0686. The van der Waals surface area contributed by atoms with Crippen molar-refractivity contribution in [1.29, 1.82) is 0 Å². The lowest BCUT2D eigenvalue weighted by atomic mass is 9.97. The first kappa shape index (κ1) is 20.7. The zero-order chi connectivity index (χ0) is 21.8. The molecule has 2 aromatic carbocycles. The van der Waals surface area contributed by atoms with Gasteiger partial charge in [-0.15, -0.1) is 5.10 Å². The average Bonchev–Trinajstić information content (AvgIpc) is 2.79. The molecule has 3 aromatic rings. The van der Waals surface area contributed by atoms with E-state index in [2.05, 4.69) is 10.4 Å². The maximum Gasteiger partial charge on any atom is 0.271 e. The van der Waals surface area contributed by atoms with Gasteiger partial charge in [-0.1, -0.05) is 12.1 Å². The van der Waals surface area contributed by atoms with Gasteiger partial charge in [0.15, 0.2) is 0 Å². The van der Waals surface area contributed by atoms with Crippen LogP contribution in [0.4, 0.5) is 14.6 Å². The van der Waals surface area contributed by atoms with Crippen LogP contribution >= 0.6 is 0 Å². The van der Waals surface area contributed by atoms with Gasteiger partial charge in [0.25, 0.3) is 5.56 Å². The van der Waals surface area contributed by atoms with E-state index < -0.39 is 5.82 Å². The molecule has 1 aliphatic heterocycles. The molecule has 1 N–H and O–H groups in total. The normalized spacial score (nSPS) is 16.2. The minimum atomic E-state index is -0.390. The Morgan fingerprint density at radius 1 is 1.00 bits per heavy atom. The number of carbonyl (C=O) groups excluding carboxylic acids is 1. The highest BCUT2D eigenvalue weighted by Gasteiger charge is 2.26. The van der Waals surface area contributed by atoms with Gasteiger partial charge in [0.1, 0.15) is 17.5 Å². The van der Waals surface area contributed by atoms with E-state index in [0.717, 1.165) is 24.9 Å². The van der Waals surface area contributed by atoms with Gasteiger partial charge in [0, 0.05) is 25.7 Å². The Labute approximate surface area is 178 Å². The molecule has 1 saturated heterocycles. The van der Waals surface area contributed by atoms with E-state index >= 15 is 0 Å². The fraction of sp³-hybridized carbons (Fsp3) is 0.261. The molecule has 1 fully saturated rings. The zero-order valence-corrected chi connectivity index (χ0v) is 16.8. The summed E-state index contributed by atoms with van der Waals surface area (Å²) in [5.41, 5.74) is 0.982. The molecule has 0 saturated carbocycles. The summed E-state index contributed by atoms with van der Waals surface area (Å²) in [6.07, 6.45) is 1.56. The van der Waals surface area contributed by atoms with Crippen LogP contribution in [0.1, 0.15) is 18.4 Å². The molecule has 0 aliphatic carbocycles. The summed E-state index contributed by atoms with van der Waals surface area (Å²) in [6, 6.07) is 14.6. The minimum Gasteiger partial charge on any atom is -0.354 e. The molecule has 8 heteroatoms. The first-order valence-electron chi connectivity index (χ1n) is 10.1. The number of hydrogen-bond donors (Lipinski definition) is 1. The van der Waals surface area contributed by atoms with Crippen LogP contribution in [0, 0.1) is 17.6 Å². The molecule has 6 nitrogen and oxygen atoms in total. The Bertz CT molecular complexity index is 1110. The fourth-order valence-corrected chi connectivity index (χ4v) is 3.67. The summed E-state index contributed by atoms with van der Waals surface area (Å²) in [4.78, 5) is 26.9. The summed E-state index contributed by atoms with van der Waals surface area (Å²) in [7, 11) is 0. The van der Waals surface area contributed by atoms with E-state index in [1.54, 1.807) is 18.2 Å². The third-order valence-corrected chi connectivity index (χ3v) is 5.35. The van der Waals surface area contributed by atoms with Crippen molar-refractivity contribution in [2.45, 2.75) is 19.4 Å². The molecule has 1 aliphatic rings. The summed E-state index contributed by atoms with van der Waals surface area (Å²) < 4.78 is 27.5. The van der Waals surface area contributed by atoms with E-state index in [1.165, 1.54) is 47.1 Å². The van der Waals surface area contributed by atoms with Crippen molar-refractivity contribution in [2.24, 2.45) is 5.92 Å². The predicted molar refractivity (Wildman–Crippen MR) is 113 cm³/mol. The number of hydrogen-bond acceptors (Lipinski definition) is 4. The second-order valence-corrected chi connectivity index (χ2v) is 7.55. The number of anilines is 1. The van der Waals surface area contributed by atoms with E-state index in [-0.39, 0.29) is 23.2 Å². The molecular formula is C23H22F2N4O2. The van der Waals surface area contributed by atoms with Crippen LogP contribution in [0.25, 0.3) is 5.69 Å². The molecular weight excluding hydrogens is 402 g/mol. The van der Waals surface area contributed by atoms with Crippen LogP contribution in [0.2, 0.25) is 0 Å². The van der Waals surface area contributed by atoms with Crippen molar-refractivity contribution >= 4 is 11.7 Å². The monoisotopic (exact) mass is 424 g/mol. The van der Waals surface area contributed by atoms with Crippen LogP contribution in [0.5, 0.6) is 0 Å². The molecule has 0 bridgehead atoms. The number of halogens is 2. The van der Waals surface area contributed by atoms with Gasteiger partial charge in [-0.25, -0.2) is 8.78 Å². The van der Waals surface area contributed by atoms with Gasteiger partial charge >= 0.3 is 0 Å². The number of nitrogens with one attached hydrogen (secondary N) is 1. The van der Waals surface area contributed by atoms with Gasteiger partial charge in [-0.2, -0.15) is 4.68 Å². The van der Waals surface area contributed by atoms with E-state index in [4.69, 9.17) is 0 Å². The Kier molecular flexibility index (Phi) is 6.06. The van der Waals surface area contributed by atoms with Crippen LogP contribution < -0.4 is 15.8 Å². The lowest BCUT2D eigenvalue weighted by Gasteiger charge is -2.33. The smallest absolute Gasteiger partial charge is 0.271 e. The molecule has 4 rings (SSSR count). The third-order valence-electron chi connectivity index (χ3n) is 5.35. The first-order valence-corrected chi connectivity index (χ1v) is 10.1. The topological polar surface area (TPSA) is 67.2 Å². The van der Waals surface area contributed by atoms with E-state index in [1.807, 2.05) is 4.90 Å². The third kappa shape index (κ3) is 4.96. The van der Waals surface area contributed by atoms with Crippen LogP contribution in [-0.2, 0) is 11.3 Å². The largest absolute Gasteiger partial charge is 0.354 e. The maximum absolute atomic E-state index is 13.2. The van der Waals surface area contributed by atoms with Crippen molar-refractivity contribution < 1.29 is 13.6 Å². The van der Waals surface area contributed by atoms with Gasteiger partial charge < -0.3 is 10.2 Å². The Morgan fingerprint density at radius 2 is 1.68 bits per heavy atom. The van der Waals surface area contributed by atoms with Crippen molar-refractivity contribution in [3.05, 3.63) is 88.2 Å². The van der Waals surface area contributed by atoms with Crippen molar-refractivity contribution in [2.75, 3.05) is 18.0 Å². The molecule has 160 valence electrons. The second-order valence-electron chi connectivity index (χ2n) is 7.55. The molecule has 0 spiro atoms. The number of amides is 1. The maximum atomic E-state index is 13.2. The molecule has 1 amide bonds. The number of benzene rings is 2.